The van der Waals surface area contributed by atoms with E-state index < -0.39 is 23.4 Å². The molecule has 0 aromatic heterocycles. The third-order valence-corrected chi connectivity index (χ3v) is 4.54. The topological polar surface area (TPSA) is 78.5 Å². The predicted octanol–water partition coefficient (Wildman–Crippen LogP) is 2.77. The van der Waals surface area contributed by atoms with Crippen molar-refractivity contribution in [2.24, 2.45) is 0 Å². The highest BCUT2D eigenvalue weighted by Crippen LogP contribution is 2.27. The normalized spacial score (nSPS) is 19.4. The number of aryl methyl sites for hydroxylation is 1. The average molecular weight is 372 g/mol. The number of hydrogen-bond acceptors (Lipinski definition) is 3. The molecule has 1 saturated heterocycles. The highest BCUT2D eigenvalue weighted by Gasteiger charge is 2.49. The first-order chi connectivity index (χ1) is 12.4. The van der Waals surface area contributed by atoms with E-state index in [1.54, 1.807) is 49.4 Å². The van der Waals surface area contributed by atoms with E-state index in [0.29, 0.717) is 17.0 Å². The number of hydrogen-bond donors (Lipinski definition) is 2. The number of carbonyl (C=O) groups is 3. The van der Waals surface area contributed by atoms with E-state index in [9.17, 15) is 14.4 Å². The van der Waals surface area contributed by atoms with Gasteiger partial charge in [0.05, 0.1) is 0 Å². The summed E-state index contributed by atoms with van der Waals surface area (Å²) in [6.07, 6.45) is 0.575. The Balaban J connectivity index is 1.65. The molecule has 1 heterocycles. The van der Waals surface area contributed by atoms with Gasteiger partial charge in [-0.15, -0.1) is 0 Å². The molecule has 7 heteroatoms. The summed E-state index contributed by atoms with van der Waals surface area (Å²) in [5, 5.41) is 3.97. The van der Waals surface area contributed by atoms with Gasteiger partial charge in [-0.2, -0.15) is 5.01 Å². The fraction of sp³-hybridized carbons (Fsp3) is 0.211. The SMILES string of the molecule is CC1(c2ccccc2)NC(=O)N(NC(=O)CCc2cccc(Cl)c2)C1=O. The minimum atomic E-state index is -1.21. The minimum Gasteiger partial charge on any atom is -0.318 e. The molecule has 1 aliphatic heterocycles. The van der Waals surface area contributed by atoms with Crippen LogP contribution in [0, 0.1) is 0 Å². The van der Waals surface area contributed by atoms with Crippen molar-refractivity contribution in [1.29, 1.82) is 0 Å². The first-order valence-corrected chi connectivity index (χ1v) is 8.54. The first-order valence-electron chi connectivity index (χ1n) is 8.16. The molecule has 0 aliphatic carbocycles. The molecule has 2 aromatic rings. The van der Waals surface area contributed by atoms with Crippen LogP contribution < -0.4 is 10.7 Å². The van der Waals surface area contributed by atoms with Crippen molar-refractivity contribution in [1.82, 2.24) is 15.8 Å². The van der Waals surface area contributed by atoms with E-state index in [-0.39, 0.29) is 6.42 Å². The summed E-state index contributed by atoms with van der Waals surface area (Å²) in [6.45, 7) is 1.61. The molecule has 0 radical (unpaired) electrons. The molecular weight excluding hydrogens is 354 g/mol. The highest BCUT2D eigenvalue weighted by molar-refractivity contribution is 6.30. The van der Waals surface area contributed by atoms with Crippen LogP contribution in [0.2, 0.25) is 5.02 Å². The van der Waals surface area contributed by atoms with Crippen LogP contribution in [0.1, 0.15) is 24.5 Å². The lowest BCUT2D eigenvalue weighted by atomic mass is 9.92. The molecule has 1 aliphatic rings. The molecule has 0 saturated carbocycles. The van der Waals surface area contributed by atoms with E-state index in [1.807, 2.05) is 12.1 Å². The second-order valence-electron chi connectivity index (χ2n) is 6.23. The van der Waals surface area contributed by atoms with Crippen LogP contribution in [-0.2, 0) is 21.5 Å². The van der Waals surface area contributed by atoms with Crippen LogP contribution in [0.3, 0.4) is 0 Å². The number of hydrazine groups is 1. The Labute approximate surface area is 156 Å². The van der Waals surface area contributed by atoms with Crippen molar-refractivity contribution >= 4 is 29.4 Å². The molecular formula is C19H18ClN3O3. The minimum absolute atomic E-state index is 0.124. The lowest BCUT2D eigenvalue weighted by molar-refractivity contribution is -0.138. The van der Waals surface area contributed by atoms with Crippen molar-refractivity contribution in [2.45, 2.75) is 25.3 Å². The number of nitrogens with one attached hydrogen (secondary N) is 2. The molecule has 0 spiro atoms. The summed E-state index contributed by atoms with van der Waals surface area (Å²) >= 11 is 5.92. The van der Waals surface area contributed by atoms with E-state index >= 15 is 0 Å². The first kappa shape index (κ1) is 17.9. The zero-order valence-electron chi connectivity index (χ0n) is 14.2. The summed E-state index contributed by atoms with van der Waals surface area (Å²) in [5.41, 5.74) is 2.73. The van der Waals surface area contributed by atoms with Crippen molar-refractivity contribution in [3.8, 4) is 0 Å². The lowest BCUT2D eigenvalue weighted by Gasteiger charge is -2.22. The van der Waals surface area contributed by atoms with Crippen LogP contribution in [0.5, 0.6) is 0 Å². The zero-order chi connectivity index (χ0) is 18.7. The summed E-state index contributed by atoms with van der Waals surface area (Å²) < 4.78 is 0. The van der Waals surface area contributed by atoms with E-state index in [4.69, 9.17) is 11.6 Å². The third-order valence-electron chi connectivity index (χ3n) is 4.31. The Kier molecular flexibility index (Phi) is 4.95. The monoisotopic (exact) mass is 371 g/mol. The van der Waals surface area contributed by atoms with Gasteiger partial charge in [0.1, 0.15) is 5.54 Å². The average Bonchev–Trinajstić information content (AvgIpc) is 2.85. The molecule has 1 atom stereocenters. The summed E-state index contributed by atoms with van der Waals surface area (Å²) in [4.78, 5) is 37.1. The van der Waals surface area contributed by atoms with Gasteiger partial charge in [-0.3, -0.25) is 15.0 Å². The molecule has 1 fully saturated rings. The number of carbonyl (C=O) groups excluding carboxylic acids is 3. The van der Waals surface area contributed by atoms with Crippen molar-refractivity contribution in [2.75, 3.05) is 0 Å². The van der Waals surface area contributed by atoms with Crippen LogP contribution in [0.15, 0.2) is 54.6 Å². The number of nitrogens with zero attached hydrogens (tertiary/aromatic N) is 1. The third kappa shape index (κ3) is 3.55. The predicted molar refractivity (Wildman–Crippen MR) is 97.1 cm³/mol. The van der Waals surface area contributed by atoms with E-state index in [0.717, 1.165) is 10.6 Å². The molecule has 134 valence electrons. The Morgan fingerprint density at radius 2 is 1.88 bits per heavy atom. The fourth-order valence-corrected chi connectivity index (χ4v) is 3.05. The number of imide groups is 1. The molecule has 6 nitrogen and oxygen atoms in total. The van der Waals surface area contributed by atoms with Crippen LogP contribution in [-0.4, -0.2) is 22.9 Å². The summed E-state index contributed by atoms with van der Waals surface area (Å²) in [7, 11) is 0. The van der Waals surface area contributed by atoms with Gasteiger partial charge in [0.25, 0.3) is 5.91 Å². The number of halogens is 1. The molecule has 26 heavy (non-hydrogen) atoms. The Hall–Kier alpha value is -2.86. The molecule has 2 N–H and O–H groups in total. The van der Waals surface area contributed by atoms with Gasteiger partial charge in [0, 0.05) is 11.4 Å². The highest BCUT2D eigenvalue weighted by atomic mass is 35.5. The molecule has 1 unspecified atom stereocenters. The quantitative estimate of drug-likeness (QED) is 0.793. The summed E-state index contributed by atoms with van der Waals surface area (Å²) in [6, 6.07) is 15.4. The van der Waals surface area contributed by atoms with Gasteiger partial charge in [-0.25, -0.2) is 4.79 Å². The maximum Gasteiger partial charge on any atom is 0.344 e. The van der Waals surface area contributed by atoms with Gasteiger partial charge in [-0.1, -0.05) is 54.1 Å². The second-order valence-corrected chi connectivity index (χ2v) is 6.66. The van der Waals surface area contributed by atoms with Crippen molar-refractivity contribution in [3.05, 3.63) is 70.7 Å². The second kappa shape index (κ2) is 7.17. The molecule has 3 rings (SSSR count). The number of urea groups is 1. The number of benzene rings is 2. The van der Waals surface area contributed by atoms with Crippen LogP contribution in [0.25, 0.3) is 0 Å². The van der Waals surface area contributed by atoms with Gasteiger partial charge in [0.15, 0.2) is 0 Å². The number of amides is 4. The van der Waals surface area contributed by atoms with E-state index in [1.165, 1.54) is 0 Å². The standard InChI is InChI=1S/C19H18ClN3O3/c1-19(14-7-3-2-4-8-14)17(25)23(18(26)21-19)22-16(24)11-10-13-6-5-9-15(20)12-13/h2-9,12H,10-11H2,1H3,(H,21,26)(H,22,24). The smallest absolute Gasteiger partial charge is 0.318 e. The zero-order valence-corrected chi connectivity index (χ0v) is 14.9. The lowest BCUT2D eigenvalue weighted by Crippen LogP contribution is -2.48. The van der Waals surface area contributed by atoms with E-state index in [2.05, 4.69) is 10.7 Å². The van der Waals surface area contributed by atoms with Crippen LogP contribution >= 0.6 is 11.6 Å². The number of rotatable bonds is 5. The molecule has 4 amide bonds. The maximum atomic E-state index is 12.7. The van der Waals surface area contributed by atoms with Gasteiger partial charge in [-0.05, 0) is 36.6 Å². The Morgan fingerprint density at radius 3 is 2.58 bits per heavy atom. The Bertz CT molecular complexity index is 856. The maximum absolute atomic E-state index is 12.7. The molecule has 2 aromatic carbocycles. The van der Waals surface area contributed by atoms with Gasteiger partial charge < -0.3 is 5.32 Å². The summed E-state index contributed by atoms with van der Waals surface area (Å²) in [5.74, 6) is -0.949. The Morgan fingerprint density at radius 1 is 1.15 bits per heavy atom. The fourth-order valence-electron chi connectivity index (χ4n) is 2.84. The van der Waals surface area contributed by atoms with Crippen molar-refractivity contribution < 1.29 is 14.4 Å². The largest absolute Gasteiger partial charge is 0.344 e. The van der Waals surface area contributed by atoms with Crippen molar-refractivity contribution in [3.63, 3.8) is 0 Å². The van der Waals surface area contributed by atoms with Gasteiger partial charge >= 0.3 is 6.03 Å². The van der Waals surface area contributed by atoms with Crippen LogP contribution in [0.4, 0.5) is 4.79 Å². The van der Waals surface area contributed by atoms with Gasteiger partial charge in [0.2, 0.25) is 5.91 Å². The molecule has 0 bridgehead atoms.